The van der Waals surface area contributed by atoms with E-state index in [0.717, 1.165) is 11.1 Å². The Morgan fingerprint density at radius 2 is 1.93 bits per heavy atom. The summed E-state index contributed by atoms with van der Waals surface area (Å²) in [6, 6.07) is 12.8. The first-order chi connectivity index (χ1) is 13.1. The molecule has 0 spiro atoms. The quantitative estimate of drug-likeness (QED) is 0.659. The summed E-state index contributed by atoms with van der Waals surface area (Å²) in [5.41, 5.74) is 2.13. The number of methoxy groups -OCH3 is 2. The number of aromatic nitrogens is 1. The molecule has 0 aliphatic rings. The molecule has 7 heteroatoms. The van der Waals surface area contributed by atoms with E-state index in [-0.39, 0.29) is 5.91 Å². The van der Waals surface area contributed by atoms with Crippen LogP contribution in [0.4, 0.5) is 0 Å². The number of nitrogens with zero attached hydrogens (tertiary/aromatic N) is 1. The van der Waals surface area contributed by atoms with Crippen molar-refractivity contribution >= 4 is 17.0 Å². The summed E-state index contributed by atoms with van der Waals surface area (Å²) in [6.45, 7) is 0.763. The number of hydrogen-bond acceptors (Lipinski definition) is 5. The summed E-state index contributed by atoms with van der Waals surface area (Å²) in [4.78, 5) is 24.1. The fraction of sp³-hybridized carbons (Fsp3) is 0.300. The zero-order valence-corrected chi connectivity index (χ0v) is 15.4. The number of benzene rings is 2. The van der Waals surface area contributed by atoms with Crippen LogP contribution in [0.5, 0.6) is 11.5 Å². The molecule has 0 bridgehead atoms. The molecule has 0 aliphatic carbocycles. The Labute approximate surface area is 156 Å². The summed E-state index contributed by atoms with van der Waals surface area (Å²) in [6.07, 6.45) is 0.836. The van der Waals surface area contributed by atoms with Crippen molar-refractivity contribution in [1.82, 2.24) is 9.88 Å². The average molecular weight is 370 g/mol. The number of carbonyl (C=O) groups excluding carboxylic acids is 1. The Morgan fingerprint density at radius 3 is 2.70 bits per heavy atom. The smallest absolute Gasteiger partial charge is 0.419 e. The number of hydrogen-bond donors (Lipinski definition) is 1. The van der Waals surface area contributed by atoms with Crippen LogP contribution in [-0.4, -0.2) is 24.7 Å². The first-order valence-electron chi connectivity index (χ1n) is 8.69. The van der Waals surface area contributed by atoms with Gasteiger partial charge in [0.25, 0.3) is 0 Å². The van der Waals surface area contributed by atoms with Gasteiger partial charge in [0.2, 0.25) is 5.91 Å². The zero-order valence-electron chi connectivity index (χ0n) is 15.4. The Hall–Kier alpha value is -3.22. The molecule has 1 N–H and O–H groups in total. The summed E-state index contributed by atoms with van der Waals surface area (Å²) in [5, 5.41) is 2.87. The molecule has 3 rings (SSSR count). The lowest BCUT2D eigenvalue weighted by atomic mass is 10.1. The van der Waals surface area contributed by atoms with Gasteiger partial charge >= 0.3 is 5.76 Å². The number of para-hydroxylation sites is 3. The first-order valence-corrected chi connectivity index (χ1v) is 8.69. The third kappa shape index (κ3) is 4.13. The van der Waals surface area contributed by atoms with Gasteiger partial charge in [-0.05, 0) is 24.6 Å². The topological polar surface area (TPSA) is 82.7 Å². The van der Waals surface area contributed by atoms with E-state index in [4.69, 9.17) is 13.9 Å². The maximum atomic E-state index is 12.2. The number of oxazole rings is 1. The molecule has 142 valence electrons. The van der Waals surface area contributed by atoms with Crippen molar-refractivity contribution in [3.05, 3.63) is 58.6 Å². The summed E-state index contributed by atoms with van der Waals surface area (Å²) >= 11 is 0. The zero-order chi connectivity index (χ0) is 19.2. The molecule has 27 heavy (non-hydrogen) atoms. The van der Waals surface area contributed by atoms with Crippen LogP contribution in [0, 0.1) is 0 Å². The average Bonchev–Trinajstić information content (AvgIpc) is 3.01. The second-order valence-electron chi connectivity index (χ2n) is 6.02. The predicted octanol–water partition coefficient (Wildman–Crippen LogP) is 2.71. The van der Waals surface area contributed by atoms with Crippen molar-refractivity contribution in [2.24, 2.45) is 0 Å². The molecule has 1 heterocycles. The SMILES string of the molecule is COc1cccc(CNC(=O)CCCn2c(=O)oc3ccccc32)c1OC. The normalized spacial score (nSPS) is 10.7. The lowest BCUT2D eigenvalue weighted by molar-refractivity contribution is -0.121. The second kappa shape index (κ2) is 8.44. The van der Waals surface area contributed by atoms with E-state index in [1.165, 1.54) is 0 Å². The highest BCUT2D eigenvalue weighted by Gasteiger charge is 2.12. The highest BCUT2D eigenvalue weighted by molar-refractivity contribution is 5.76. The fourth-order valence-electron chi connectivity index (χ4n) is 3.00. The number of rotatable bonds is 8. The third-order valence-corrected chi connectivity index (χ3v) is 4.32. The number of ether oxygens (including phenoxy) is 2. The van der Waals surface area contributed by atoms with Crippen LogP contribution in [-0.2, 0) is 17.9 Å². The van der Waals surface area contributed by atoms with Crippen LogP contribution in [0.3, 0.4) is 0 Å². The molecule has 0 radical (unpaired) electrons. The Balaban J connectivity index is 1.55. The van der Waals surface area contributed by atoms with Crippen LogP contribution in [0.15, 0.2) is 51.7 Å². The van der Waals surface area contributed by atoms with Crippen LogP contribution in [0.2, 0.25) is 0 Å². The minimum Gasteiger partial charge on any atom is -0.493 e. The van der Waals surface area contributed by atoms with Gasteiger partial charge in [0.05, 0.1) is 19.7 Å². The maximum absolute atomic E-state index is 12.2. The lowest BCUT2D eigenvalue weighted by Gasteiger charge is -2.13. The van der Waals surface area contributed by atoms with Gasteiger partial charge in [-0.1, -0.05) is 24.3 Å². The van der Waals surface area contributed by atoms with E-state index >= 15 is 0 Å². The number of aryl methyl sites for hydroxylation is 1. The highest BCUT2D eigenvalue weighted by Crippen LogP contribution is 2.30. The van der Waals surface area contributed by atoms with Gasteiger partial charge in [-0.15, -0.1) is 0 Å². The van der Waals surface area contributed by atoms with Crippen LogP contribution < -0.4 is 20.5 Å². The molecule has 0 aliphatic heterocycles. The Bertz CT molecular complexity index is 989. The molecule has 0 saturated heterocycles. The van der Waals surface area contributed by atoms with Crippen molar-refractivity contribution < 1.29 is 18.7 Å². The van der Waals surface area contributed by atoms with E-state index in [9.17, 15) is 9.59 Å². The van der Waals surface area contributed by atoms with Gasteiger partial charge in [-0.3, -0.25) is 9.36 Å². The fourth-order valence-corrected chi connectivity index (χ4v) is 3.00. The number of amides is 1. The van der Waals surface area contributed by atoms with E-state index < -0.39 is 5.76 Å². The van der Waals surface area contributed by atoms with Gasteiger partial charge in [0.15, 0.2) is 17.1 Å². The standard InChI is InChI=1S/C20H22N2O5/c1-25-17-10-5-7-14(19(17)26-2)13-21-18(23)11-6-12-22-15-8-3-4-9-16(15)27-20(22)24/h3-5,7-10H,6,11-13H2,1-2H3,(H,21,23). The lowest BCUT2D eigenvalue weighted by Crippen LogP contribution is -2.24. The molecular weight excluding hydrogens is 348 g/mol. The van der Waals surface area contributed by atoms with E-state index in [1.807, 2.05) is 30.3 Å². The summed E-state index contributed by atoms with van der Waals surface area (Å²) in [5.74, 6) is 0.727. The van der Waals surface area contributed by atoms with Crippen LogP contribution >= 0.6 is 0 Å². The Morgan fingerprint density at radius 1 is 1.11 bits per heavy atom. The monoisotopic (exact) mass is 370 g/mol. The maximum Gasteiger partial charge on any atom is 0.419 e. The van der Waals surface area contributed by atoms with Crippen LogP contribution in [0.25, 0.3) is 11.1 Å². The molecule has 3 aromatic rings. The van der Waals surface area contributed by atoms with Crippen molar-refractivity contribution in [2.45, 2.75) is 25.9 Å². The van der Waals surface area contributed by atoms with Crippen molar-refractivity contribution in [3.8, 4) is 11.5 Å². The van der Waals surface area contributed by atoms with E-state index in [2.05, 4.69) is 5.32 Å². The van der Waals surface area contributed by atoms with Gasteiger partial charge in [0, 0.05) is 25.1 Å². The summed E-state index contributed by atoms with van der Waals surface area (Å²) in [7, 11) is 3.14. The van der Waals surface area contributed by atoms with E-state index in [0.29, 0.717) is 43.0 Å². The number of fused-ring (bicyclic) bond motifs is 1. The molecule has 1 aromatic heterocycles. The number of carbonyl (C=O) groups is 1. The molecule has 0 saturated carbocycles. The van der Waals surface area contributed by atoms with Gasteiger partial charge < -0.3 is 19.2 Å². The molecular formula is C20H22N2O5. The van der Waals surface area contributed by atoms with Crippen molar-refractivity contribution in [2.75, 3.05) is 14.2 Å². The van der Waals surface area contributed by atoms with Crippen molar-refractivity contribution in [1.29, 1.82) is 0 Å². The van der Waals surface area contributed by atoms with Gasteiger partial charge in [-0.2, -0.15) is 0 Å². The Kier molecular flexibility index (Phi) is 5.80. The molecule has 1 amide bonds. The van der Waals surface area contributed by atoms with Gasteiger partial charge in [0.1, 0.15) is 0 Å². The second-order valence-corrected chi connectivity index (χ2v) is 6.02. The van der Waals surface area contributed by atoms with Crippen molar-refractivity contribution in [3.63, 3.8) is 0 Å². The van der Waals surface area contributed by atoms with Gasteiger partial charge in [-0.25, -0.2) is 4.79 Å². The molecule has 0 fully saturated rings. The molecule has 2 aromatic carbocycles. The van der Waals surface area contributed by atoms with Crippen LogP contribution in [0.1, 0.15) is 18.4 Å². The third-order valence-electron chi connectivity index (χ3n) is 4.32. The molecule has 0 unspecified atom stereocenters. The summed E-state index contributed by atoms with van der Waals surface area (Å²) < 4.78 is 17.4. The number of nitrogens with one attached hydrogen (secondary N) is 1. The van der Waals surface area contributed by atoms with E-state index in [1.54, 1.807) is 30.9 Å². The largest absolute Gasteiger partial charge is 0.493 e. The highest BCUT2D eigenvalue weighted by atomic mass is 16.5. The molecule has 0 atom stereocenters. The molecule has 7 nitrogen and oxygen atoms in total. The first kappa shape index (κ1) is 18.6. The predicted molar refractivity (Wildman–Crippen MR) is 101 cm³/mol. The minimum absolute atomic E-state index is 0.0966. The minimum atomic E-state index is -0.405.